The highest BCUT2D eigenvalue weighted by molar-refractivity contribution is 6.36. The average Bonchev–Trinajstić information content (AvgIpc) is 2.43. The van der Waals surface area contributed by atoms with E-state index in [-0.39, 0.29) is 0 Å². The number of hydrogen-bond acceptors (Lipinski definition) is 6. The van der Waals surface area contributed by atoms with Gasteiger partial charge >= 0.3 is 12.1 Å². The molecule has 0 rings (SSSR count). The zero-order valence-corrected chi connectivity index (χ0v) is 14.6. The topological polar surface area (TPSA) is 102 Å². The lowest BCUT2D eigenvalue weighted by atomic mass is 10.2. The quantitative estimate of drug-likeness (QED) is 0.549. The van der Waals surface area contributed by atoms with Crippen LogP contribution in [-0.4, -0.2) is 60.0 Å². The van der Waals surface area contributed by atoms with Crippen molar-refractivity contribution in [1.82, 2.24) is 10.2 Å². The molecule has 8 nitrogen and oxygen atoms in total. The maximum absolute atomic E-state index is 11.7. The van der Waals surface area contributed by atoms with Crippen LogP contribution in [0.1, 0.15) is 41.5 Å². The summed E-state index contributed by atoms with van der Waals surface area (Å²) < 4.78 is 9.75. The molecule has 0 aliphatic heterocycles. The number of alkyl carbamates (subject to hydrolysis) is 1. The predicted molar refractivity (Wildman–Crippen MR) is 82.7 cm³/mol. The second-order valence-corrected chi connectivity index (χ2v) is 5.88. The number of carbonyl (C=O) groups is 4. The molecular formula is C15H26N2O6. The van der Waals surface area contributed by atoms with Crippen LogP contribution < -0.4 is 5.32 Å². The second kappa shape index (κ2) is 9.12. The predicted octanol–water partition coefficient (Wildman–Crippen LogP) is 0.880. The van der Waals surface area contributed by atoms with E-state index in [9.17, 15) is 19.2 Å². The summed E-state index contributed by atoms with van der Waals surface area (Å²) in [6.07, 6.45) is -0.771. The SMILES string of the molecule is CCN(CC)C(=O)C(=O)COC(=O)[C@H](C)NC(=O)OC(C)(C)C. The number of nitrogens with one attached hydrogen (secondary N) is 1. The Morgan fingerprint density at radius 1 is 1.09 bits per heavy atom. The molecule has 23 heavy (non-hydrogen) atoms. The lowest BCUT2D eigenvalue weighted by Crippen LogP contribution is -2.43. The van der Waals surface area contributed by atoms with Gasteiger partial charge in [-0.25, -0.2) is 9.59 Å². The van der Waals surface area contributed by atoms with Crippen LogP contribution in [0.2, 0.25) is 0 Å². The van der Waals surface area contributed by atoms with Crippen LogP contribution in [-0.2, 0) is 23.9 Å². The zero-order valence-electron chi connectivity index (χ0n) is 14.6. The molecule has 0 fully saturated rings. The third-order valence-corrected chi connectivity index (χ3v) is 2.72. The molecule has 0 bridgehead atoms. The number of Topliss-reactive ketones (excluding diaryl/α,β-unsaturated/α-hetero) is 1. The van der Waals surface area contributed by atoms with Crippen molar-refractivity contribution >= 4 is 23.8 Å². The summed E-state index contributed by atoms with van der Waals surface area (Å²) in [6.45, 7) is 10.1. The molecule has 8 heteroatoms. The minimum absolute atomic E-state index is 0.394. The van der Waals surface area contributed by atoms with E-state index in [2.05, 4.69) is 5.32 Å². The van der Waals surface area contributed by atoms with E-state index in [4.69, 9.17) is 9.47 Å². The molecule has 0 aromatic carbocycles. The number of likely N-dealkylation sites (N-methyl/N-ethyl adjacent to an activating group) is 1. The first kappa shape index (κ1) is 20.9. The highest BCUT2D eigenvalue weighted by Crippen LogP contribution is 2.06. The van der Waals surface area contributed by atoms with Gasteiger partial charge in [0.25, 0.3) is 11.7 Å². The molecule has 0 saturated carbocycles. The van der Waals surface area contributed by atoms with E-state index >= 15 is 0 Å². The summed E-state index contributed by atoms with van der Waals surface area (Å²) in [5.74, 6) is -2.33. The Bertz CT molecular complexity index is 451. The molecule has 1 N–H and O–H groups in total. The van der Waals surface area contributed by atoms with Gasteiger partial charge in [-0.05, 0) is 41.5 Å². The third-order valence-electron chi connectivity index (χ3n) is 2.72. The Morgan fingerprint density at radius 2 is 1.61 bits per heavy atom. The fourth-order valence-corrected chi connectivity index (χ4v) is 1.55. The van der Waals surface area contributed by atoms with E-state index in [1.165, 1.54) is 11.8 Å². The molecule has 0 spiro atoms. The maximum atomic E-state index is 11.7. The molecule has 0 radical (unpaired) electrons. The summed E-state index contributed by atoms with van der Waals surface area (Å²) in [6, 6.07) is -0.999. The Balaban J connectivity index is 4.36. The largest absolute Gasteiger partial charge is 0.456 e. The van der Waals surface area contributed by atoms with Crippen molar-refractivity contribution in [1.29, 1.82) is 0 Å². The summed E-state index contributed by atoms with van der Waals surface area (Å²) in [4.78, 5) is 47.9. The Hall–Kier alpha value is -2.12. The van der Waals surface area contributed by atoms with Gasteiger partial charge in [0.15, 0.2) is 6.61 Å². The van der Waals surface area contributed by atoms with Crippen molar-refractivity contribution in [2.24, 2.45) is 0 Å². The van der Waals surface area contributed by atoms with Crippen molar-refractivity contribution in [3.8, 4) is 0 Å². The number of rotatable bonds is 7. The van der Waals surface area contributed by atoms with Crippen LogP contribution in [0.25, 0.3) is 0 Å². The fraction of sp³-hybridized carbons (Fsp3) is 0.733. The number of hydrogen-bond donors (Lipinski definition) is 1. The monoisotopic (exact) mass is 330 g/mol. The first-order chi connectivity index (χ1) is 10.5. The first-order valence-electron chi connectivity index (χ1n) is 7.50. The molecule has 2 amide bonds. The lowest BCUT2D eigenvalue weighted by Gasteiger charge is -2.21. The molecule has 0 aliphatic carbocycles. The molecule has 0 saturated heterocycles. The second-order valence-electron chi connectivity index (χ2n) is 5.88. The van der Waals surface area contributed by atoms with Gasteiger partial charge in [-0.3, -0.25) is 9.59 Å². The van der Waals surface area contributed by atoms with Gasteiger partial charge in [0.1, 0.15) is 11.6 Å². The highest BCUT2D eigenvalue weighted by atomic mass is 16.6. The van der Waals surface area contributed by atoms with Gasteiger partial charge in [-0.2, -0.15) is 0 Å². The fourth-order valence-electron chi connectivity index (χ4n) is 1.55. The normalized spacial score (nSPS) is 12.1. The van der Waals surface area contributed by atoms with Crippen LogP contribution in [0, 0.1) is 0 Å². The molecule has 1 atom stereocenters. The summed E-state index contributed by atoms with van der Waals surface area (Å²) >= 11 is 0. The van der Waals surface area contributed by atoms with Crippen molar-refractivity contribution < 1.29 is 28.7 Å². The third kappa shape index (κ3) is 8.18. The number of carbonyl (C=O) groups excluding carboxylic acids is 4. The van der Waals surface area contributed by atoms with Gasteiger partial charge in [-0.15, -0.1) is 0 Å². The molecule has 0 aromatic rings. The minimum atomic E-state index is -0.999. The van der Waals surface area contributed by atoms with Crippen LogP contribution in [0.4, 0.5) is 4.79 Å². The van der Waals surface area contributed by atoms with Crippen molar-refractivity contribution in [3.05, 3.63) is 0 Å². The number of ether oxygens (including phenoxy) is 2. The molecular weight excluding hydrogens is 304 g/mol. The van der Waals surface area contributed by atoms with Crippen molar-refractivity contribution in [3.63, 3.8) is 0 Å². The maximum Gasteiger partial charge on any atom is 0.408 e. The molecule has 0 aliphatic rings. The average molecular weight is 330 g/mol. The van der Waals surface area contributed by atoms with Crippen LogP contribution in [0.5, 0.6) is 0 Å². The Kier molecular flexibility index (Phi) is 8.28. The van der Waals surface area contributed by atoms with E-state index in [1.807, 2.05) is 0 Å². The number of ketones is 1. The lowest BCUT2D eigenvalue weighted by molar-refractivity contribution is -0.154. The number of nitrogens with zero attached hydrogens (tertiary/aromatic N) is 1. The van der Waals surface area contributed by atoms with Gasteiger partial charge in [0, 0.05) is 13.1 Å². The standard InChI is InChI=1S/C15H26N2O6/c1-7-17(8-2)12(19)11(18)9-22-13(20)10(3)16-14(21)23-15(4,5)6/h10H,7-9H2,1-6H3,(H,16,21)/t10-/m0/s1. The molecule has 0 aromatic heterocycles. The summed E-state index contributed by atoms with van der Waals surface area (Å²) in [5, 5.41) is 2.29. The van der Waals surface area contributed by atoms with Gasteiger partial charge in [0.2, 0.25) is 0 Å². The molecule has 132 valence electrons. The molecule has 0 heterocycles. The van der Waals surface area contributed by atoms with E-state index in [0.29, 0.717) is 13.1 Å². The summed E-state index contributed by atoms with van der Waals surface area (Å²) in [5.41, 5.74) is -0.695. The smallest absolute Gasteiger partial charge is 0.408 e. The Labute approximate surface area is 136 Å². The highest BCUT2D eigenvalue weighted by Gasteiger charge is 2.25. The van der Waals surface area contributed by atoms with E-state index in [0.717, 1.165) is 0 Å². The van der Waals surface area contributed by atoms with Gasteiger partial charge in [0.05, 0.1) is 0 Å². The minimum Gasteiger partial charge on any atom is -0.456 e. The van der Waals surface area contributed by atoms with E-state index < -0.39 is 42.0 Å². The number of esters is 1. The summed E-state index contributed by atoms with van der Waals surface area (Å²) in [7, 11) is 0. The first-order valence-corrected chi connectivity index (χ1v) is 7.50. The van der Waals surface area contributed by atoms with Gasteiger partial charge in [-0.1, -0.05) is 0 Å². The van der Waals surface area contributed by atoms with E-state index in [1.54, 1.807) is 34.6 Å². The van der Waals surface area contributed by atoms with Crippen LogP contribution in [0.3, 0.4) is 0 Å². The molecule has 0 unspecified atom stereocenters. The Morgan fingerprint density at radius 3 is 2.04 bits per heavy atom. The van der Waals surface area contributed by atoms with Crippen molar-refractivity contribution in [2.75, 3.05) is 19.7 Å². The number of amides is 2. The van der Waals surface area contributed by atoms with Gasteiger partial charge < -0.3 is 19.7 Å². The van der Waals surface area contributed by atoms with Crippen LogP contribution >= 0.6 is 0 Å². The van der Waals surface area contributed by atoms with Crippen LogP contribution in [0.15, 0.2) is 0 Å². The van der Waals surface area contributed by atoms with Crippen molar-refractivity contribution in [2.45, 2.75) is 53.2 Å². The zero-order chi connectivity index (χ0) is 18.2.